The maximum absolute atomic E-state index is 5.65. The zero-order valence-corrected chi connectivity index (χ0v) is 10.9. The smallest absolute Gasteiger partial charge is 0.119 e. The van der Waals surface area contributed by atoms with Gasteiger partial charge >= 0.3 is 0 Å². The summed E-state index contributed by atoms with van der Waals surface area (Å²) in [4.78, 5) is 7.28. The Hall–Kier alpha value is -1.81. The van der Waals surface area contributed by atoms with E-state index in [0.29, 0.717) is 6.61 Å². The SMILES string of the molecule is Cc1cccc(OCCNCc2nc[nH]c2C)c1. The van der Waals surface area contributed by atoms with Crippen LogP contribution in [0, 0.1) is 13.8 Å². The fourth-order valence-electron chi connectivity index (χ4n) is 1.72. The highest BCUT2D eigenvalue weighted by Gasteiger charge is 1.99. The highest BCUT2D eigenvalue weighted by Crippen LogP contribution is 2.11. The van der Waals surface area contributed by atoms with Crippen LogP contribution < -0.4 is 10.1 Å². The molecule has 96 valence electrons. The molecule has 0 aliphatic heterocycles. The number of H-pyrrole nitrogens is 1. The van der Waals surface area contributed by atoms with Gasteiger partial charge in [0.1, 0.15) is 12.4 Å². The van der Waals surface area contributed by atoms with Gasteiger partial charge in [-0.05, 0) is 31.5 Å². The van der Waals surface area contributed by atoms with Crippen molar-refractivity contribution in [1.82, 2.24) is 15.3 Å². The van der Waals surface area contributed by atoms with Gasteiger partial charge in [-0.1, -0.05) is 12.1 Å². The van der Waals surface area contributed by atoms with Crippen LogP contribution >= 0.6 is 0 Å². The minimum absolute atomic E-state index is 0.660. The average Bonchev–Trinajstić information content (AvgIpc) is 2.75. The predicted octanol–water partition coefficient (Wildman–Crippen LogP) is 2.20. The molecular weight excluding hydrogens is 226 g/mol. The maximum Gasteiger partial charge on any atom is 0.119 e. The van der Waals surface area contributed by atoms with E-state index in [0.717, 1.165) is 30.2 Å². The summed E-state index contributed by atoms with van der Waals surface area (Å²) in [6.07, 6.45) is 1.72. The molecule has 0 spiro atoms. The van der Waals surface area contributed by atoms with Crippen molar-refractivity contribution in [3.8, 4) is 5.75 Å². The number of hydrogen-bond donors (Lipinski definition) is 2. The second-order valence-electron chi connectivity index (χ2n) is 4.32. The van der Waals surface area contributed by atoms with Crippen molar-refractivity contribution in [2.75, 3.05) is 13.2 Å². The van der Waals surface area contributed by atoms with Crippen LogP contribution in [0.25, 0.3) is 0 Å². The van der Waals surface area contributed by atoms with Crippen molar-refractivity contribution in [1.29, 1.82) is 0 Å². The predicted molar refractivity (Wildman–Crippen MR) is 71.7 cm³/mol. The molecular formula is C14H19N3O. The van der Waals surface area contributed by atoms with Crippen LogP contribution in [0.3, 0.4) is 0 Å². The van der Waals surface area contributed by atoms with E-state index in [4.69, 9.17) is 4.74 Å². The van der Waals surface area contributed by atoms with Gasteiger partial charge in [0.25, 0.3) is 0 Å². The number of imidazole rings is 1. The van der Waals surface area contributed by atoms with E-state index in [2.05, 4.69) is 28.3 Å². The maximum atomic E-state index is 5.65. The first-order valence-electron chi connectivity index (χ1n) is 6.15. The third-order valence-electron chi connectivity index (χ3n) is 2.76. The Bertz CT molecular complexity index is 493. The molecule has 0 unspecified atom stereocenters. The second-order valence-corrected chi connectivity index (χ2v) is 4.32. The van der Waals surface area contributed by atoms with Gasteiger partial charge in [0.15, 0.2) is 0 Å². The first kappa shape index (κ1) is 12.6. The normalized spacial score (nSPS) is 10.6. The van der Waals surface area contributed by atoms with E-state index in [1.54, 1.807) is 6.33 Å². The number of aromatic nitrogens is 2. The number of aromatic amines is 1. The molecule has 18 heavy (non-hydrogen) atoms. The van der Waals surface area contributed by atoms with Crippen LogP contribution in [-0.2, 0) is 6.54 Å². The van der Waals surface area contributed by atoms with Crippen molar-refractivity contribution >= 4 is 0 Å². The van der Waals surface area contributed by atoms with Gasteiger partial charge in [-0.15, -0.1) is 0 Å². The number of rotatable bonds is 6. The lowest BCUT2D eigenvalue weighted by Crippen LogP contribution is -2.21. The molecule has 4 nitrogen and oxygen atoms in total. The average molecular weight is 245 g/mol. The molecule has 0 bridgehead atoms. The van der Waals surface area contributed by atoms with Crippen molar-refractivity contribution < 1.29 is 4.74 Å². The molecule has 1 aromatic heterocycles. The van der Waals surface area contributed by atoms with Crippen LogP contribution in [0.5, 0.6) is 5.75 Å². The molecule has 2 aromatic rings. The summed E-state index contributed by atoms with van der Waals surface area (Å²) in [6.45, 7) is 6.32. The first-order chi connectivity index (χ1) is 8.75. The van der Waals surface area contributed by atoms with Crippen LogP contribution in [0.4, 0.5) is 0 Å². The first-order valence-corrected chi connectivity index (χ1v) is 6.15. The third-order valence-corrected chi connectivity index (χ3v) is 2.76. The molecule has 0 atom stereocenters. The highest BCUT2D eigenvalue weighted by atomic mass is 16.5. The van der Waals surface area contributed by atoms with Crippen LogP contribution in [-0.4, -0.2) is 23.1 Å². The van der Waals surface area contributed by atoms with E-state index in [9.17, 15) is 0 Å². The van der Waals surface area contributed by atoms with Crippen LogP contribution in [0.2, 0.25) is 0 Å². The number of ether oxygens (including phenoxy) is 1. The lowest BCUT2D eigenvalue weighted by atomic mass is 10.2. The largest absolute Gasteiger partial charge is 0.492 e. The zero-order chi connectivity index (χ0) is 12.8. The molecule has 1 heterocycles. The quantitative estimate of drug-likeness (QED) is 0.767. The minimum atomic E-state index is 0.660. The molecule has 1 aromatic carbocycles. The number of nitrogens with one attached hydrogen (secondary N) is 2. The molecule has 0 aliphatic rings. The molecule has 2 rings (SSSR count). The Morgan fingerprint density at radius 2 is 2.22 bits per heavy atom. The van der Waals surface area contributed by atoms with Gasteiger partial charge in [0.2, 0.25) is 0 Å². The molecule has 2 N–H and O–H groups in total. The zero-order valence-electron chi connectivity index (χ0n) is 10.9. The minimum Gasteiger partial charge on any atom is -0.492 e. The number of hydrogen-bond acceptors (Lipinski definition) is 3. The third kappa shape index (κ3) is 3.60. The monoisotopic (exact) mass is 245 g/mol. The lowest BCUT2D eigenvalue weighted by Gasteiger charge is -2.07. The number of nitrogens with zero attached hydrogens (tertiary/aromatic N) is 1. The molecule has 4 heteroatoms. The van der Waals surface area contributed by atoms with E-state index >= 15 is 0 Å². The van der Waals surface area contributed by atoms with Gasteiger partial charge < -0.3 is 15.0 Å². The Morgan fingerprint density at radius 1 is 1.33 bits per heavy atom. The molecule has 0 amide bonds. The topological polar surface area (TPSA) is 49.9 Å². The van der Waals surface area contributed by atoms with Crippen molar-refractivity contribution in [2.45, 2.75) is 20.4 Å². The molecule has 0 aliphatic carbocycles. The molecule has 0 radical (unpaired) electrons. The van der Waals surface area contributed by atoms with Crippen molar-refractivity contribution in [3.05, 3.63) is 47.5 Å². The lowest BCUT2D eigenvalue weighted by molar-refractivity contribution is 0.313. The Balaban J connectivity index is 1.66. The van der Waals surface area contributed by atoms with Crippen LogP contribution in [0.15, 0.2) is 30.6 Å². The van der Waals surface area contributed by atoms with Gasteiger partial charge in [0.05, 0.1) is 12.0 Å². The van der Waals surface area contributed by atoms with E-state index in [1.807, 2.05) is 25.1 Å². The van der Waals surface area contributed by atoms with Crippen LogP contribution in [0.1, 0.15) is 17.0 Å². The van der Waals surface area contributed by atoms with E-state index in [-0.39, 0.29) is 0 Å². The fraction of sp³-hybridized carbons (Fsp3) is 0.357. The second kappa shape index (κ2) is 6.21. The Kier molecular flexibility index (Phi) is 4.36. The van der Waals surface area contributed by atoms with Gasteiger partial charge in [0, 0.05) is 18.8 Å². The Labute approximate surface area is 107 Å². The molecule has 0 fully saturated rings. The fourth-order valence-corrected chi connectivity index (χ4v) is 1.72. The molecule has 0 saturated heterocycles. The van der Waals surface area contributed by atoms with E-state index < -0.39 is 0 Å². The summed E-state index contributed by atoms with van der Waals surface area (Å²) in [5.41, 5.74) is 3.39. The number of benzene rings is 1. The van der Waals surface area contributed by atoms with Gasteiger partial charge in [-0.3, -0.25) is 0 Å². The summed E-state index contributed by atoms with van der Waals surface area (Å²) in [6, 6.07) is 8.08. The standard InChI is InChI=1S/C14H19N3O/c1-11-4-3-5-13(8-11)18-7-6-15-9-14-12(2)16-10-17-14/h3-5,8,10,15H,6-7,9H2,1-2H3,(H,16,17). The summed E-state index contributed by atoms with van der Waals surface area (Å²) < 4.78 is 5.65. The van der Waals surface area contributed by atoms with Gasteiger partial charge in [-0.25, -0.2) is 4.98 Å². The van der Waals surface area contributed by atoms with E-state index in [1.165, 1.54) is 5.56 Å². The molecule has 0 saturated carbocycles. The summed E-state index contributed by atoms with van der Waals surface area (Å²) in [5.74, 6) is 0.924. The summed E-state index contributed by atoms with van der Waals surface area (Å²) >= 11 is 0. The Morgan fingerprint density at radius 3 is 2.94 bits per heavy atom. The number of aryl methyl sites for hydroxylation is 2. The van der Waals surface area contributed by atoms with Gasteiger partial charge in [-0.2, -0.15) is 0 Å². The van der Waals surface area contributed by atoms with Crippen molar-refractivity contribution in [3.63, 3.8) is 0 Å². The summed E-state index contributed by atoms with van der Waals surface area (Å²) in [7, 11) is 0. The highest BCUT2D eigenvalue weighted by molar-refractivity contribution is 5.27. The van der Waals surface area contributed by atoms with Crippen molar-refractivity contribution in [2.24, 2.45) is 0 Å². The summed E-state index contributed by atoms with van der Waals surface area (Å²) in [5, 5.41) is 3.31.